The van der Waals surface area contributed by atoms with Crippen LogP contribution in [0.4, 0.5) is 5.69 Å². The molecule has 1 unspecified atom stereocenters. The maximum absolute atomic E-state index is 12.7. The van der Waals surface area contributed by atoms with Gasteiger partial charge < -0.3 is 14.4 Å². The van der Waals surface area contributed by atoms with Crippen LogP contribution < -0.4 is 14.4 Å². The first-order valence-electron chi connectivity index (χ1n) is 8.69. The van der Waals surface area contributed by atoms with Crippen LogP contribution >= 0.6 is 0 Å². The molecule has 1 atom stereocenters. The zero-order valence-electron chi connectivity index (χ0n) is 15.2. The SMILES string of the molecule is COc1ccccc1N1CC(c2ncnn2-c2ccccc2OC)CC1=O. The van der Waals surface area contributed by atoms with E-state index in [1.807, 2.05) is 48.5 Å². The number of carbonyl (C=O) groups excluding carboxylic acids is 1. The Balaban J connectivity index is 1.67. The van der Waals surface area contributed by atoms with Gasteiger partial charge in [-0.2, -0.15) is 5.10 Å². The summed E-state index contributed by atoms with van der Waals surface area (Å²) in [5, 5.41) is 4.37. The molecule has 1 aliphatic rings. The molecule has 7 heteroatoms. The van der Waals surface area contributed by atoms with E-state index >= 15 is 0 Å². The van der Waals surface area contributed by atoms with Crippen molar-refractivity contribution in [1.29, 1.82) is 0 Å². The standard InChI is InChI=1S/C20H20N4O3/c1-26-17-9-5-3-7-15(17)23-12-14(11-19(23)25)20-21-13-22-24(20)16-8-4-6-10-18(16)27-2/h3-10,13-14H,11-12H2,1-2H3. The largest absolute Gasteiger partial charge is 0.495 e. The summed E-state index contributed by atoms with van der Waals surface area (Å²) < 4.78 is 12.6. The molecular weight excluding hydrogens is 344 g/mol. The molecule has 1 fully saturated rings. The number of aromatic nitrogens is 3. The van der Waals surface area contributed by atoms with E-state index in [1.165, 1.54) is 6.33 Å². The molecule has 7 nitrogen and oxygen atoms in total. The number of anilines is 1. The third-order valence-corrected chi connectivity index (χ3v) is 4.75. The molecule has 0 radical (unpaired) electrons. The third-order valence-electron chi connectivity index (χ3n) is 4.75. The molecule has 1 aliphatic heterocycles. The molecule has 2 aromatic carbocycles. The Morgan fingerprint density at radius 3 is 2.30 bits per heavy atom. The third kappa shape index (κ3) is 3.01. The summed E-state index contributed by atoms with van der Waals surface area (Å²) in [7, 11) is 3.23. The minimum atomic E-state index is -0.0742. The highest BCUT2D eigenvalue weighted by Gasteiger charge is 2.36. The molecule has 4 rings (SSSR count). The fourth-order valence-corrected chi connectivity index (χ4v) is 3.49. The van der Waals surface area contributed by atoms with Gasteiger partial charge in [0.05, 0.1) is 19.9 Å². The summed E-state index contributed by atoms with van der Waals surface area (Å²) in [4.78, 5) is 18.9. The summed E-state index contributed by atoms with van der Waals surface area (Å²) in [6.45, 7) is 0.521. The van der Waals surface area contributed by atoms with Crippen LogP contribution in [0.3, 0.4) is 0 Å². The fraction of sp³-hybridized carbons (Fsp3) is 0.250. The van der Waals surface area contributed by atoms with Crippen LogP contribution in [0.1, 0.15) is 18.2 Å². The van der Waals surface area contributed by atoms with Gasteiger partial charge in [0, 0.05) is 18.9 Å². The van der Waals surface area contributed by atoms with Gasteiger partial charge in [0.25, 0.3) is 0 Å². The number of benzene rings is 2. The average Bonchev–Trinajstić information content (AvgIpc) is 3.34. The zero-order chi connectivity index (χ0) is 18.8. The van der Waals surface area contributed by atoms with E-state index in [1.54, 1.807) is 23.8 Å². The van der Waals surface area contributed by atoms with Crippen molar-refractivity contribution in [3.8, 4) is 17.2 Å². The molecule has 0 aliphatic carbocycles. The van der Waals surface area contributed by atoms with Crippen LogP contribution in [0.5, 0.6) is 11.5 Å². The lowest BCUT2D eigenvalue weighted by atomic mass is 10.1. The lowest BCUT2D eigenvalue weighted by Crippen LogP contribution is -2.25. The molecule has 1 aromatic heterocycles. The average molecular weight is 364 g/mol. The molecule has 0 saturated carbocycles. The Labute approximate surface area is 157 Å². The van der Waals surface area contributed by atoms with E-state index in [-0.39, 0.29) is 11.8 Å². The van der Waals surface area contributed by atoms with Crippen LogP contribution in [-0.4, -0.2) is 41.4 Å². The van der Waals surface area contributed by atoms with Gasteiger partial charge >= 0.3 is 0 Å². The van der Waals surface area contributed by atoms with Crippen LogP contribution in [0.2, 0.25) is 0 Å². The van der Waals surface area contributed by atoms with Gasteiger partial charge in [0.1, 0.15) is 29.3 Å². The van der Waals surface area contributed by atoms with Crippen LogP contribution in [0.15, 0.2) is 54.9 Å². The van der Waals surface area contributed by atoms with Gasteiger partial charge in [0.15, 0.2) is 0 Å². The summed E-state index contributed by atoms with van der Waals surface area (Å²) in [6, 6.07) is 15.2. The molecule has 138 valence electrons. The van der Waals surface area contributed by atoms with Gasteiger partial charge in [-0.15, -0.1) is 0 Å². The second kappa shape index (κ2) is 7.11. The summed E-state index contributed by atoms with van der Waals surface area (Å²) in [5.41, 5.74) is 1.58. The van der Waals surface area contributed by atoms with Crippen molar-refractivity contribution in [2.24, 2.45) is 0 Å². The maximum atomic E-state index is 12.7. The molecule has 0 bridgehead atoms. The minimum Gasteiger partial charge on any atom is -0.495 e. The molecular formula is C20H20N4O3. The second-order valence-corrected chi connectivity index (χ2v) is 6.28. The van der Waals surface area contributed by atoms with Crippen molar-refractivity contribution in [3.63, 3.8) is 0 Å². The number of rotatable bonds is 5. The zero-order valence-corrected chi connectivity index (χ0v) is 15.2. The molecule has 2 heterocycles. The first kappa shape index (κ1) is 17.1. The highest BCUT2D eigenvalue weighted by atomic mass is 16.5. The Bertz CT molecular complexity index is 969. The number of ether oxygens (including phenoxy) is 2. The van der Waals surface area contributed by atoms with E-state index in [0.717, 1.165) is 17.2 Å². The highest BCUT2D eigenvalue weighted by Crippen LogP contribution is 2.36. The smallest absolute Gasteiger partial charge is 0.227 e. The van der Waals surface area contributed by atoms with Crippen LogP contribution in [0.25, 0.3) is 5.69 Å². The van der Waals surface area contributed by atoms with Gasteiger partial charge in [-0.3, -0.25) is 4.79 Å². The summed E-state index contributed by atoms with van der Waals surface area (Å²) in [6.07, 6.45) is 1.88. The minimum absolute atomic E-state index is 0.0408. The molecule has 1 amide bonds. The van der Waals surface area contributed by atoms with E-state index < -0.39 is 0 Å². The number of hydrogen-bond acceptors (Lipinski definition) is 5. The lowest BCUT2D eigenvalue weighted by Gasteiger charge is -2.19. The summed E-state index contributed by atoms with van der Waals surface area (Å²) in [5.74, 6) is 2.09. The van der Waals surface area contributed by atoms with Crippen molar-refractivity contribution in [3.05, 3.63) is 60.7 Å². The fourth-order valence-electron chi connectivity index (χ4n) is 3.49. The van der Waals surface area contributed by atoms with E-state index in [0.29, 0.717) is 24.5 Å². The Hall–Kier alpha value is -3.35. The van der Waals surface area contributed by atoms with Crippen molar-refractivity contribution >= 4 is 11.6 Å². The van der Waals surface area contributed by atoms with E-state index in [2.05, 4.69) is 10.1 Å². The Morgan fingerprint density at radius 2 is 1.59 bits per heavy atom. The van der Waals surface area contributed by atoms with E-state index in [4.69, 9.17) is 9.47 Å². The van der Waals surface area contributed by atoms with Gasteiger partial charge in [-0.25, -0.2) is 9.67 Å². The van der Waals surface area contributed by atoms with Gasteiger partial charge in [0.2, 0.25) is 5.91 Å². The van der Waals surface area contributed by atoms with Crippen LogP contribution in [-0.2, 0) is 4.79 Å². The van der Waals surface area contributed by atoms with Gasteiger partial charge in [-0.05, 0) is 24.3 Å². The predicted octanol–water partition coefficient (Wildman–Crippen LogP) is 2.81. The van der Waals surface area contributed by atoms with Crippen molar-refractivity contribution in [2.45, 2.75) is 12.3 Å². The van der Waals surface area contributed by atoms with Crippen LogP contribution in [0, 0.1) is 0 Å². The van der Waals surface area contributed by atoms with Crippen molar-refractivity contribution in [1.82, 2.24) is 14.8 Å². The van der Waals surface area contributed by atoms with E-state index in [9.17, 15) is 4.79 Å². The number of methoxy groups -OCH3 is 2. The number of carbonyl (C=O) groups is 1. The van der Waals surface area contributed by atoms with Gasteiger partial charge in [-0.1, -0.05) is 24.3 Å². The number of amides is 1. The molecule has 1 saturated heterocycles. The normalized spacial score (nSPS) is 16.6. The monoisotopic (exact) mass is 364 g/mol. The highest BCUT2D eigenvalue weighted by molar-refractivity contribution is 5.97. The summed E-state index contributed by atoms with van der Waals surface area (Å²) >= 11 is 0. The molecule has 0 spiro atoms. The number of nitrogens with zero attached hydrogens (tertiary/aromatic N) is 4. The second-order valence-electron chi connectivity index (χ2n) is 6.28. The lowest BCUT2D eigenvalue weighted by molar-refractivity contribution is -0.117. The van der Waals surface area contributed by atoms with Crippen molar-refractivity contribution < 1.29 is 14.3 Å². The molecule has 3 aromatic rings. The first-order chi connectivity index (χ1) is 13.2. The first-order valence-corrected chi connectivity index (χ1v) is 8.69. The molecule has 0 N–H and O–H groups in total. The predicted molar refractivity (Wildman–Crippen MR) is 101 cm³/mol. The number of hydrogen-bond donors (Lipinski definition) is 0. The number of para-hydroxylation sites is 4. The topological polar surface area (TPSA) is 69.5 Å². The Kier molecular flexibility index (Phi) is 4.50. The molecule has 27 heavy (non-hydrogen) atoms. The van der Waals surface area contributed by atoms with Crippen molar-refractivity contribution in [2.75, 3.05) is 25.7 Å². The Morgan fingerprint density at radius 1 is 0.963 bits per heavy atom. The maximum Gasteiger partial charge on any atom is 0.227 e. The quantitative estimate of drug-likeness (QED) is 0.696.